The fourth-order valence-electron chi connectivity index (χ4n) is 3.11. The molecule has 0 aromatic heterocycles. The molecule has 0 radical (unpaired) electrons. The van der Waals surface area contributed by atoms with E-state index in [9.17, 15) is 13.9 Å². The molecule has 2 aromatic carbocycles. The Bertz CT molecular complexity index is 653. The molecule has 1 aliphatic carbocycles. The van der Waals surface area contributed by atoms with Crippen LogP contribution >= 0.6 is 0 Å². The number of halogens is 2. The lowest BCUT2D eigenvalue weighted by molar-refractivity contribution is 0.0539. The van der Waals surface area contributed by atoms with E-state index in [1.807, 2.05) is 18.2 Å². The Morgan fingerprint density at radius 1 is 1.10 bits per heavy atom. The molecular weight excluding hydrogens is 258 g/mol. The molecule has 20 heavy (non-hydrogen) atoms. The highest BCUT2D eigenvalue weighted by atomic mass is 19.1. The van der Waals surface area contributed by atoms with Crippen molar-refractivity contribution in [3.8, 4) is 0 Å². The molecule has 1 N–H and O–H groups in total. The van der Waals surface area contributed by atoms with E-state index in [2.05, 4.69) is 6.92 Å². The molecule has 0 amide bonds. The lowest BCUT2D eigenvalue weighted by atomic mass is 9.71. The van der Waals surface area contributed by atoms with E-state index < -0.39 is 17.2 Å². The fraction of sp³-hybridized carbons (Fsp3) is 0.294. The van der Waals surface area contributed by atoms with Crippen LogP contribution in [0.1, 0.15) is 42.4 Å². The lowest BCUT2D eigenvalue weighted by Gasteiger charge is -2.37. The minimum atomic E-state index is -1.45. The Labute approximate surface area is 116 Å². The van der Waals surface area contributed by atoms with E-state index in [1.165, 1.54) is 0 Å². The summed E-state index contributed by atoms with van der Waals surface area (Å²) < 4.78 is 27.5. The monoisotopic (exact) mass is 274 g/mol. The van der Waals surface area contributed by atoms with Crippen molar-refractivity contribution in [2.75, 3.05) is 0 Å². The molecule has 3 rings (SSSR count). The topological polar surface area (TPSA) is 20.2 Å². The molecule has 2 unspecified atom stereocenters. The molecule has 1 aliphatic rings. The smallest absolute Gasteiger partial charge is 0.129 e. The van der Waals surface area contributed by atoms with Crippen LogP contribution < -0.4 is 0 Å². The van der Waals surface area contributed by atoms with Gasteiger partial charge < -0.3 is 5.11 Å². The highest BCUT2D eigenvalue weighted by Gasteiger charge is 2.40. The van der Waals surface area contributed by atoms with Gasteiger partial charge in [0.05, 0.1) is 0 Å². The first-order valence-electron chi connectivity index (χ1n) is 6.79. The van der Waals surface area contributed by atoms with Crippen LogP contribution in [-0.4, -0.2) is 5.11 Å². The molecule has 3 heteroatoms. The Morgan fingerprint density at radius 2 is 1.85 bits per heavy atom. The molecular formula is C17H16F2O. The van der Waals surface area contributed by atoms with Crippen LogP contribution in [0.25, 0.3) is 0 Å². The number of hydrogen-bond donors (Lipinski definition) is 1. The summed E-state index contributed by atoms with van der Waals surface area (Å²) in [6.45, 7) is 2.08. The van der Waals surface area contributed by atoms with Crippen LogP contribution in [-0.2, 0) is 5.60 Å². The number of benzene rings is 2. The van der Waals surface area contributed by atoms with Gasteiger partial charge in [-0.2, -0.15) is 0 Å². The van der Waals surface area contributed by atoms with Gasteiger partial charge in [-0.15, -0.1) is 0 Å². The summed E-state index contributed by atoms with van der Waals surface area (Å²) in [7, 11) is 0. The Balaban J connectivity index is 2.22. The average Bonchev–Trinajstić information content (AvgIpc) is 2.46. The normalized spacial score (nSPS) is 25.3. The lowest BCUT2D eigenvalue weighted by Crippen LogP contribution is -2.34. The molecule has 0 saturated heterocycles. The average molecular weight is 274 g/mol. The van der Waals surface area contributed by atoms with Gasteiger partial charge in [-0.05, 0) is 48.1 Å². The summed E-state index contributed by atoms with van der Waals surface area (Å²) in [6, 6.07) is 10.7. The second kappa shape index (κ2) is 4.67. The van der Waals surface area contributed by atoms with Gasteiger partial charge in [0.2, 0.25) is 0 Å². The molecule has 0 heterocycles. The largest absolute Gasteiger partial charge is 0.380 e. The third kappa shape index (κ3) is 1.93. The summed E-state index contributed by atoms with van der Waals surface area (Å²) in [5, 5.41) is 11.0. The van der Waals surface area contributed by atoms with Crippen molar-refractivity contribution < 1.29 is 13.9 Å². The van der Waals surface area contributed by atoms with E-state index in [0.717, 1.165) is 30.2 Å². The summed E-state index contributed by atoms with van der Waals surface area (Å²) in [6.07, 6.45) is 1.13. The second-order valence-corrected chi connectivity index (χ2v) is 5.51. The maximum atomic E-state index is 14.1. The third-order valence-corrected chi connectivity index (χ3v) is 4.25. The molecule has 1 nitrogen and oxygen atoms in total. The molecule has 2 atom stereocenters. The highest BCUT2D eigenvalue weighted by molar-refractivity contribution is 5.45. The van der Waals surface area contributed by atoms with Gasteiger partial charge in [0, 0.05) is 5.56 Å². The zero-order chi connectivity index (χ0) is 14.3. The van der Waals surface area contributed by atoms with E-state index in [4.69, 9.17) is 0 Å². The van der Waals surface area contributed by atoms with Crippen LogP contribution in [0.2, 0.25) is 0 Å². The van der Waals surface area contributed by atoms with Crippen LogP contribution in [0.15, 0.2) is 42.5 Å². The summed E-state index contributed by atoms with van der Waals surface area (Å²) in [5.41, 5.74) is 0.264. The second-order valence-electron chi connectivity index (χ2n) is 5.51. The van der Waals surface area contributed by atoms with E-state index in [0.29, 0.717) is 17.9 Å². The quantitative estimate of drug-likeness (QED) is 0.830. The van der Waals surface area contributed by atoms with Crippen LogP contribution in [0, 0.1) is 11.6 Å². The first-order valence-corrected chi connectivity index (χ1v) is 6.79. The molecule has 2 aromatic rings. The summed E-state index contributed by atoms with van der Waals surface area (Å²) in [5.74, 6) is -0.799. The van der Waals surface area contributed by atoms with Crippen LogP contribution in [0.4, 0.5) is 8.78 Å². The van der Waals surface area contributed by atoms with Gasteiger partial charge >= 0.3 is 0 Å². The standard InChI is InChI=1S/C17H16F2O/c1-11-8-9-17(20,14-5-3-2-4-13(11)14)15-10-12(18)6-7-16(15)19/h2-7,10-11,20H,8-9H2,1H3. The zero-order valence-electron chi connectivity index (χ0n) is 11.2. The molecule has 104 valence electrons. The Morgan fingerprint density at radius 3 is 2.65 bits per heavy atom. The predicted octanol–water partition coefficient (Wildman–Crippen LogP) is 4.10. The summed E-state index contributed by atoms with van der Waals surface area (Å²) >= 11 is 0. The third-order valence-electron chi connectivity index (χ3n) is 4.25. The van der Waals surface area contributed by atoms with Gasteiger partial charge in [0.15, 0.2) is 0 Å². The first kappa shape index (κ1) is 13.3. The zero-order valence-corrected chi connectivity index (χ0v) is 11.2. The minimum Gasteiger partial charge on any atom is -0.380 e. The van der Waals surface area contributed by atoms with Crippen molar-refractivity contribution >= 4 is 0 Å². The maximum Gasteiger partial charge on any atom is 0.129 e. The van der Waals surface area contributed by atoms with Crippen molar-refractivity contribution in [3.05, 3.63) is 70.8 Å². The first-order chi connectivity index (χ1) is 9.52. The van der Waals surface area contributed by atoms with Crippen molar-refractivity contribution in [1.82, 2.24) is 0 Å². The van der Waals surface area contributed by atoms with Crippen molar-refractivity contribution in [3.63, 3.8) is 0 Å². The van der Waals surface area contributed by atoms with Crippen molar-refractivity contribution in [2.45, 2.75) is 31.3 Å². The van der Waals surface area contributed by atoms with Gasteiger partial charge in [-0.1, -0.05) is 31.2 Å². The Hall–Kier alpha value is -1.74. The van der Waals surface area contributed by atoms with Crippen molar-refractivity contribution in [2.24, 2.45) is 0 Å². The predicted molar refractivity (Wildman–Crippen MR) is 73.4 cm³/mol. The SMILES string of the molecule is CC1CCC(O)(c2cc(F)ccc2F)c2ccccc21. The number of rotatable bonds is 1. The molecule has 0 fully saturated rings. The molecule has 0 saturated carbocycles. The van der Waals surface area contributed by atoms with E-state index in [1.54, 1.807) is 6.07 Å². The molecule has 0 bridgehead atoms. The van der Waals surface area contributed by atoms with E-state index in [-0.39, 0.29) is 5.56 Å². The molecule has 0 spiro atoms. The van der Waals surface area contributed by atoms with Crippen molar-refractivity contribution in [1.29, 1.82) is 0 Å². The van der Waals surface area contributed by atoms with Gasteiger partial charge in [-0.25, -0.2) is 8.78 Å². The number of hydrogen-bond acceptors (Lipinski definition) is 1. The van der Waals surface area contributed by atoms with Crippen LogP contribution in [0.3, 0.4) is 0 Å². The van der Waals surface area contributed by atoms with Crippen LogP contribution in [0.5, 0.6) is 0 Å². The Kier molecular flexibility index (Phi) is 3.09. The number of aliphatic hydroxyl groups is 1. The van der Waals surface area contributed by atoms with Gasteiger partial charge in [-0.3, -0.25) is 0 Å². The minimum absolute atomic E-state index is 0.0249. The molecule has 0 aliphatic heterocycles. The fourth-order valence-corrected chi connectivity index (χ4v) is 3.11. The number of fused-ring (bicyclic) bond motifs is 1. The maximum absolute atomic E-state index is 14.1. The van der Waals surface area contributed by atoms with Gasteiger partial charge in [0.1, 0.15) is 17.2 Å². The highest BCUT2D eigenvalue weighted by Crippen LogP contribution is 2.45. The summed E-state index contributed by atoms with van der Waals surface area (Å²) in [4.78, 5) is 0. The van der Waals surface area contributed by atoms with E-state index >= 15 is 0 Å². The van der Waals surface area contributed by atoms with Gasteiger partial charge in [0.25, 0.3) is 0 Å².